The van der Waals surface area contributed by atoms with Gasteiger partial charge in [-0.1, -0.05) is 25.7 Å². The predicted molar refractivity (Wildman–Crippen MR) is 81.8 cm³/mol. The summed E-state index contributed by atoms with van der Waals surface area (Å²) in [5.41, 5.74) is -0.185. The lowest BCUT2D eigenvalue weighted by Gasteiger charge is -2.47. The zero-order chi connectivity index (χ0) is 14.7. The second kappa shape index (κ2) is 6.08. The van der Waals surface area contributed by atoms with Crippen molar-refractivity contribution in [2.45, 2.75) is 58.0 Å². The van der Waals surface area contributed by atoms with E-state index in [9.17, 15) is 4.79 Å². The molecule has 0 aliphatic heterocycles. The molecule has 1 spiro atoms. The van der Waals surface area contributed by atoms with Crippen molar-refractivity contribution >= 4 is 5.78 Å². The fraction of sp³-hybridized carbons (Fsp3) is 0.611. The largest absolute Gasteiger partial charge is 0.494 e. The van der Waals surface area contributed by atoms with Gasteiger partial charge in [0.2, 0.25) is 0 Å². The van der Waals surface area contributed by atoms with Crippen molar-refractivity contribution in [1.82, 2.24) is 0 Å². The van der Waals surface area contributed by atoms with E-state index in [1.54, 1.807) is 0 Å². The van der Waals surface area contributed by atoms with Crippen molar-refractivity contribution in [3.63, 3.8) is 0 Å². The van der Waals surface area contributed by atoms with Crippen LogP contribution in [-0.4, -0.2) is 18.5 Å². The summed E-state index contributed by atoms with van der Waals surface area (Å²) in [7, 11) is 0. The molecule has 3 heteroatoms. The summed E-state index contributed by atoms with van der Waals surface area (Å²) < 4.78 is 11.6. The third-order valence-electron chi connectivity index (χ3n) is 4.95. The number of carbonyl (C=O) groups excluding carboxylic acids is 1. The lowest BCUT2D eigenvalue weighted by Crippen LogP contribution is -2.56. The molecule has 0 N–H and O–H groups in total. The van der Waals surface area contributed by atoms with Crippen LogP contribution in [0.1, 0.15) is 51.9 Å². The summed E-state index contributed by atoms with van der Waals surface area (Å²) in [4.78, 5) is 12.2. The number of carbonyl (C=O) groups is 1. The average molecular weight is 288 g/mol. The van der Waals surface area contributed by atoms with Crippen LogP contribution in [0.25, 0.3) is 0 Å². The maximum absolute atomic E-state index is 12.2. The number of ketones is 1. The first-order chi connectivity index (χ1) is 10.2. The molecule has 21 heavy (non-hydrogen) atoms. The van der Waals surface area contributed by atoms with Crippen molar-refractivity contribution in [2.75, 3.05) is 6.61 Å². The Labute approximate surface area is 126 Å². The quantitative estimate of drug-likeness (QED) is 0.835. The van der Waals surface area contributed by atoms with Crippen LogP contribution in [0.5, 0.6) is 11.5 Å². The van der Waals surface area contributed by atoms with Gasteiger partial charge in [-0.15, -0.1) is 0 Å². The minimum absolute atomic E-state index is 0.0704. The Kier molecular flexibility index (Phi) is 4.18. The zero-order valence-electron chi connectivity index (χ0n) is 12.8. The van der Waals surface area contributed by atoms with E-state index < -0.39 is 0 Å². The Hall–Kier alpha value is -1.51. The molecule has 1 aromatic rings. The highest BCUT2D eigenvalue weighted by atomic mass is 16.5. The van der Waals surface area contributed by atoms with E-state index in [1.165, 1.54) is 12.8 Å². The van der Waals surface area contributed by atoms with Gasteiger partial charge in [-0.05, 0) is 44.0 Å². The summed E-state index contributed by atoms with van der Waals surface area (Å²) in [5.74, 6) is 2.12. The van der Waals surface area contributed by atoms with E-state index >= 15 is 0 Å². The Morgan fingerprint density at radius 2 is 1.67 bits per heavy atom. The minimum atomic E-state index is -0.185. The second-order valence-corrected chi connectivity index (χ2v) is 6.21. The second-order valence-electron chi connectivity index (χ2n) is 6.21. The summed E-state index contributed by atoms with van der Waals surface area (Å²) >= 11 is 0. The Balaban J connectivity index is 1.68. The molecule has 0 heterocycles. The van der Waals surface area contributed by atoms with Crippen molar-refractivity contribution in [2.24, 2.45) is 5.41 Å². The fourth-order valence-electron chi connectivity index (χ4n) is 3.68. The van der Waals surface area contributed by atoms with Crippen LogP contribution in [0.2, 0.25) is 0 Å². The van der Waals surface area contributed by atoms with Crippen molar-refractivity contribution in [3.05, 3.63) is 24.3 Å². The molecule has 1 unspecified atom stereocenters. The summed E-state index contributed by atoms with van der Waals surface area (Å²) in [5, 5.41) is 0. The number of ether oxygens (including phenoxy) is 2. The Bertz CT molecular complexity index is 484. The molecule has 3 rings (SSSR count). The highest BCUT2D eigenvalue weighted by Crippen LogP contribution is 2.49. The molecule has 3 nitrogen and oxygen atoms in total. The average Bonchev–Trinajstić information content (AvgIpc) is 2.77. The van der Waals surface area contributed by atoms with E-state index in [1.807, 2.05) is 31.2 Å². The van der Waals surface area contributed by atoms with E-state index in [2.05, 4.69) is 0 Å². The first-order valence-electron chi connectivity index (χ1n) is 8.17. The van der Waals surface area contributed by atoms with E-state index in [0.29, 0.717) is 18.8 Å². The number of rotatable bonds is 4. The van der Waals surface area contributed by atoms with Crippen LogP contribution in [-0.2, 0) is 4.79 Å². The van der Waals surface area contributed by atoms with Gasteiger partial charge in [0.15, 0.2) is 0 Å². The van der Waals surface area contributed by atoms with Gasteiger partial charge in [0.05, 0.1) is 12.0 Å². The first-order valence-corrected chi connectivity index (χ1v) is 8.17. The molecule has 2 fully saturated rings. The van der Waals surface area contributed by atoms with Gasteiger partial charge in [0.25, 0.3) is 0 Å². The third kappa shape index (κ3) is 2.78. The summed E-state index contributed by atoms with van der Waals surface area (Å²) in [6, 6.07) is 7.74. The Morgan fingerprint density at radius 3 is 2.24 bits per heavy atom. The van der Waals surface area contributed by atoms with Gasteiger partial charge in [0.1, 0.15) is 23.4 Å². The topological polar surface area (TPSA) is 35.5 Å². The molecule has 0 bridgehead atoms. The molecule has 2 aliphatic carbocycles. The van der Waals surface area contributed by atoms with Crippen LogP contribution in [0.4, 0.5) is 0 Å². The molecule has 114 valence electrons. The molecule has 0 aromatic heterocycles. The van der Waals surface area contributed by atoms with Gasteiger partial charge in [-0.25, -0.2) is 0 Å². The lowest BCUT2D eigenvalue weighted by atomic mass is 9.60. The van der Waals surface area contributed by atoms with Gasteiger partial charge >= 0.3 is 0 Å². The highest BCUT2D eigenvalue weighted by Gasteiger charge is 2.55. The van der Waals surface area contributed by atoms with Crippen molar-refractivity contribution in [3.8, 4) is 11.5 Å². The predicted octanol–water partition coefficient (Wildman–Crippen LogP) is 4.15. The Morgan fingerprint density at radius 1 is 1.05 bits per heavy atom. The molecule has 0 saturated heterocycles. The lowest BCUT2D eigenvalue weighted by molar-refractivity contribution is -0.154. The summed E-state index contributed by atoms with van der Waals surface area (Å²) in [6.45, 7) is 2.64. The highest BCUT2D eigenvalue weighted by molar-refractivity contribution is 5.92. The molecular weight excluding hydrogens is 264 g/mol. The molecule has 1 aromatic carbocycles. The van der Waals surface area contributed by atoms with Crippen LogP contribution in [0, 0.1) is 5.41 Å². The van der Waals surface area contributed by atoms with Gasteiger partial charge in [-0.2, -0.15) is 0 Å². The van der Waals surface area contributed by atoms with Crippen molar-refractivity contribution in [1.29, 1.82) is 0 Å². The van der Waals surface area contributed by atoms with Gasteiger partial charge in [-0.3, -0.25) is 4.79 Å². The fourth-order valence-corrected chi connectivity index (χ4v) is 3.68. The first kappa shape index (κ1) is 14.4. The zero-order valence-corrected chi connectivity index (χ0v) is 12.8. The molecule has 1 atom stereocenters. The molecule has 0 radical (unpaired) electrons. The normalized spacial score (nSPS) is 24.2. The maximum Gasteiger partial charge on any atom is 0.146 e. The third-order valence-corrected chi connectivity index (χ3v) is 4.95. The molecule has 2 saturated carbocycles. The standard InChI is InChI=1S/C18H24O3/c1-2-20-14-7-9-15(10-8-14)21-17-13-16(19)18(17)11-5-3-4-6-12-18/h7-10,17H,2-6,11-13H2,1H3. The van der Waals surface area contributed by atoms with Crippen LogP contribution < -0.4 is 9.47 Å². The van der Waals surface area contributed by atoms with Gasteiger partial charge in [0, 0.05) is 6.42 Å². The number of Topliss-reactive ketones (excluding diaryl/α,β-unsaturated/α-hetero) is 1. The monoisotopic (exact) mass is 288 g/mol. The van der Waals surface area contributed by atoms with E-state index in [4.69, 9.17) is 9.47 Å². The molecule has 0 amide bonds. The smallest absolute Gasteiger partial charge is 0.146 e. The van der Waals surface area contributed by atoms with Gasteiger partial charge < -0.3 is 9.47 Å². The SMILES string of the molecule is CCOc1ccc(OC2CC(=O)C23CCCCCC3)cc1. The van der Waals surface area contributed by atoms with Crippen LogP contribution >= 0.6 is 0 Å². The van der Waals surface area contributed by atoms with Crippen molar-refractivity contribution < 1.29 is 14.3 Å². The number of hydrogen-bond acceptors (Lipinski definition) is 3. The summed E-state index contributed by atoms with van der Waals surface area (Å²) in [6.07, 6.45) is 7.49. The van der Waals surface area contributed by atoms with Crippen LogP contribution in [0.15, 0.2) is 24.3 Å². The minimum Gasteiger partial charge on any atom is -0.494 e. The van der Waals surface area contributed by atoms with E-state index in [0.717, 1.165) is 37.2 Å². The number of benzene rings is 1. The molecule has 2 aliphatic rings. The number of hydrogen-bond donors (Lipinski definition) is 0. The molecular formula is C18H24O3. The maximum atomic E-state index is 12.2. The van der Waals surface area contributed by atoms with E-state index in [-0.39, 0.29) is 11.5 Å². The van der Waals surface area contributed by atoms with Crippen LogP contribution in [0.3, 0.4) is 0 Å².